The van der Waals surface area contributed by atoms with Crippen molar-refractivity contribution in [1.82, 2.24) is 0 Å². The number of carbonyl (C=O) groups is 3. The van der Waals surface area contributed by atoms with Crippen LogP contribution < -0.4 is 0 Å². The predicted octanol–water partition coefficient (Wildman–Crippen LogP) is -0.622. The molecule has 0 aliphatic rings. The Morgan fingerprint density at radius 2 is 1.92 bits per heavy atom. The Morgan fingerprint density at radius 1 is 1.38 bits per heavy atom. The maximum Gasteiger partial charge on any atom is 0.441 e. The highest BCUT2D eigenvalue weighted by atomic mass is 16.5. The van der Waals surface area contributed by atoms with Gasteiger partial charge in [-0.3, -0.25) is 9.59 Å². The lowest BCUT2D eigenvalue weighted by atomic mass is 10.1. The standard InChI is InChI=1S/C7H8N2O4/c1-4(10)3-5(11)6(9-8)7(12)13-2/h3H2,1-2H3. The fourth-order valence-electron chi connectivity index (χ4n) is 0.617. The highest BCUT2D eigenvalue weighted by Gasteiger charge is 2.30. The second kappa shape index (κ2) is 4.95. The van der Waals surface area contributed by atoms with Gasteiger partial charge in [-0.25, -0.2) is 4.79 Å². The zero-order valence-electron chi connectivity index (χ0n) is 7.23. The molecule has 0 saturated heterocycles. The molecule has 0 radical (unpaired) electrons. The van der Waals surface area contributed by atoms with Crippen LogP contribution in [0.3, 0.4) is 0 Å². The molecule has 0 saturated carbocycles. The van der Waals surface area contributed by atoms with Crippen LogP contribution in [0.5, 0.6) is 0 Å². The molecule has 0 aromatic carbocycles. The van der Waals surface area contributed by atoms with E-state index in [2.05, 4.69) is 9.53 Å². The first-order chi connectivity index (χ1) is 6.02. The summed E-state index contributed by atoms with van der Waals surface area (Å²) in [5, 5.41) is 0. The molecule has 0 atom stereocenters. The molecule has 6 heteroatoms. The second-order valence-electron chi connectivity index (χ2n) is 2.24. The molecule has 0 amide bonds. The van der Waals surface area contributed by atoms with Gasteiger partial charge in [0.1, 0.15) is 5.78 Å². The van der Waals surface area contributed by atoms with Crippen LogP contribution in [-0.4, -0.2) is 35.1 Å². The van der Waals surface area contributed by atoms with Gasteiger partial charge in [0.05, 0.1) is 13.5 Å². The van der Waals surface area contributed by atoms with Crippen molar-refractivity contribution in [1.29, 1.82) is 0 Å². The van der Waals surface area contributed by atoms with Crippen LogP contribution in [0.1, 0.15) is 13.3 Å². The minimum atomic E-state index is -1.06. The van der Waals surface area contributed by atoms with Gasteiger partial charge in [0.2, 0.25) is 0 Å². The highest BCUT2D eigenvalue weighted by Crippen LogP contribution is 1.89. The Morgan fingerprint density at radius 3 is 2.23 bits per heavy atom. The monoisotopic (exact) mass is 184 g/mol. The Labute approximate surface area is 74.1 Å². The van der Waals surface area contributed by atoms with E-state index in [1.807, 2.05) is 0 Å². The minimum absolute atomic E-state index is 0.421. The first kappa shape index (κ1) is 11.2. The van der Waals surface area contributed by atoms with Gasteiger partial charge >= 0.3 is 11.7 Å². The molecule has 0 unspecified atom stereocenters. The van der Waals surface area contributed by atoms with Crippen molar-refractivity contribution in [2.75, 3.05) is 7.11 Å². The Balaban J connectivity index is 4.63. The molecule has 0 spiro atoms. The van der Waals surface area contributed by atoms with Crippen LogP contribution in [0.4, 0.5) is 0 Å². The van der Waals surface area contributed by atoms with Crippen LogP contribution in [0, 0.1) is 0 Å². The van der Waals surface area contributed by atoms with Gasteiger partial charge < -0.3 is 10.3 Å². The number of ketones is 2. The smallest absolute Gasteiger partial charge is 0.441 e. The molecule has 0 aliphatic carbocycles. The van der Waals surface area contributed by atoms with Crippen molar-refractivity contribution >= 4 is 23.2 Å². The van der Waals surface area contributed by atoms with Crippen molar-refractivity contribution in [2.45, 2.75) is 13.3 Å². The molecule has 0 aromatic heterocycles. The zero-order valence-corrected chi connectivity index (χ0v) is 7.23. The topological polar surface area (TPSA) is 96.8 Å². The lowest BCUT2D eigenvalue weighted by Gasteiger charge is -1.91. The summed E-state index contributed by atoms with van der Waals surface area (Å²) in [6.45, 7) is 1.18. The van der Waals surface area contributed by atoms with E-state index >= 15 is 0 Å². The minimum Gasteiger partial charge on any atom is -0.460 e. The molecule has 0 fully saturated rings. The first-order valence-electron chi connectivity index (χ1n) is 3.36. The summed E-state index contributed by atoms with van der Waals surface area (Å²) in [6, 6.07) is 0. The second-order valence-corrected chi connectivity index (χ2v) is 2.24. The third kappa shape index (κ3) is 3.39. The van der Waals surface area contributed by atoms with E-state index in [9.17, 15) is 14.4 Å². The average Bonchev–Trinajstić information content (AvgIpc) is 2.03. The number of Topliss-reactive ketones (excluding diaryl/α,β-unsaturated/α-hetero) is 2. The molecule has 0 rings (SSSR count). The van der Waals surface area contributed by atoms with Crippen LogP contribution >= 0.6 is 0 Å². The molecular weight excluding hydrogens is 176 g/mol. The lowest BCUT2D eigenvalue weighted by molar-refractivity contribution is -0.139. The summed E-state index contributed by atoms with van der Waals surface area (Å²) in [5.74, 6) is -2.34. The van der Waals surface area contributed by atoms with E-state index in [4.69, 9.17) is 5.53 Å². The number of hydrogen-bond donors (Lipinski definition) is 0. The number of carbonyl (C=O) groups excluding carboxylic acids is 3. The normalized spacial score (nSPS) is 8.46. The van der Waals surface area contributed by atoms with E-state index in [1.54, 1.807) is 0 Å². The van der Waals surface area contributed by atoms with Gasteiger partial charge in [-0.05, 0) is 6.92 Å². The van der Waals surface area contributed by atoms with Gasteiger partial charge in [-0.1, -0.05) is 0 Å². The summed E-state index contributed by atoms with van der Waals surface area (Å²) < 4.78 is 4.14. The van der Waals surface area contributed by atoms with E-state index < -0.39 is 29.7 Å². The fourth-order valence-corrected chi connectivity index (χ4v) is 0.617. The maximum absolute atomic E-state index is 11.0. The summed E-state index contributed by atoms with van der Waals surface area (Å²) in [6.07, 6.45) is -0.478. The number of ether oxygens (including phenoxy) is 1. The molecule has 0 heterocycles. The molecule has 0 N–H and O–H groups in total. The fraction of sp³-hybridized carbons (Fsp3) is 0.429. The maximum atomic E-state index is 11.0. The van der Waals surface area contributed by atoms with Crippen molar-refractivity contribution in [3.63, 3.8) is 0 Å². The molecule has 6 nitrogen and oxygen atoms in total. The van der Waals surface area contributed by atoms with Gasteiger partial charge in [-0.2, -0.15) is 4.79 Å². The van der Waals surface area contributed by atoms with E-state index in [1.165, 1.54) is 6.92 Å². The Hall–Kier alpha value is -1.81. The summed E-state index contributed by atoms with van der Waals surface area (Å²) >= 11 is 0. The van der Waals surface area contributed by atoms with Crippen LogP contribution in [-0.2, 0) is 19.1 Å². The van der Waals surface area contributed by atoms with Crippen molar-refractivity contribution in [3.05, 3.63) is 5.53 Å². The highest BCUT2D eigenvalue weighted by molar-refractivity contribution is 6.63. The van der Waals surface area contributed by atoms with Crippen molar-refractivity contribution in [2.24, 2.45) is 0 Å². The number of nitrogens with zero attached hydrogens (tertiary/aromatic N) is 2. The summed E-state index contributed by atoms with van der Waals surface area (Å²) in [7, 11) is 1.04. The number of rotatable bonds is 4. The lowest BCUT2D eigenvalue weighted by Crippen LogP contribution is -2.27. The summed E-state index contributed by atoms with van der Waals surface area (Å²) in [5.41, 5.74) is 7.50. The van der Waals surface area contributed by atoms with Gasteiger partial charge in [0.15, 0.2) is 0 Å². The molecule has 0 aliphatic heterocycles. The molecule has 70 valence electrons. The number of hydrogen-bond acceptors (Lipinski definition) is 4. The van der Waals surface area contributed by atoms with Crippen molar-refractivity contribution in [3.8, 4) is 0 Å². The molecule has 0 bridgehead atoms. The predicted molar refractivity (Wildman–Crippen MR) is 40.9 cm³/mol. The third-order valence-electron chi connectivity index (χ3n) is 1.15. The van der Waals surface area contributed by atoms with Crippen LogP contribution in [0.2, 0.25) is 0 Å². The zero-order chi connectivity index (χ0) is 10.4. The third-order valence-corrected chi connectivity index (χ3v) is 1.15. The molecule has 0 aromatic rings. The molecular formula is C7H8N2O4. The first-order valence-corrected chi connectivity index (χ1v) is 3.36. The Kier molecular flexibility index (Phi) is 4.26. The van der Waals surface area contributed by atoms with Crippen molar-refractivity contribution < 1.29 is 23.9 Å². The quantitative estimate of drug-likeness (QED) is 0.191. The van der Waals surface area contributed by atoms with Gasteiger partial charge in [0.25, 0.3) is 5.78 Å². The molecule has 13 heavy (non-hydrogen) atoms. The average molecular weight is 184 g/mol. The number of methoxy groups -OCH3 is 1. The van der Waals surface area contributed by atoms with E-state index in [0.29, 0.717) is 0 Å². The SMILES string of the molecule is COC(=O)C(=[N+]=[N-])C(=O)CC(C)=O. The number of esters is 1. The summed E-state index contributed by atoms with van der Waals surface area (Å²) in [4.78, 5) is 34.6. The largest absolute Gasteiger partial charge is 0.460 e. The van der Waals surface area contributed by atoms with Gasteiger partial charge in [-0.15, -0.1) is 0 Å². The van der Waals surface area contributed by atoms with Crippen LogP contribution in [0.15, 0.2) is 0 Å². The van der Waals surface area contributed by atoms with E-state index in [-0.39, 0.29) is 0 Å². The van der Waals surface area contributed by atoms with Crippen LogP contribution in [0.25, 0.3) is 5.53 Å². The van der Waals surface area contributed by atoms with E-state index in [0.717, 1.165) is 7.11 Å². The Bertz CT molecular complexity index is 302. The van der Waals surface area contributed by atoms with Gasteiger partial charge in [0, 0.05) is 0 Å².